The van der Waals surface area contributed by atoms with E-state index in [-0.39, 0.29) is 22.4 Å². The minimum absolute atomic E-state index is 0.120. The number of rotatable bonds is 7. The van der Waals surface area contributed by atoms with Crippen molar-refractivity contribution in [1.29, 1.82) is 0 Å². The van der Waals surface area contributed by atoms with Crippen LogP contribution < -0.4 is 17.0 Å². The molecule has 4 rings (SSSR count). The average molecular weight is 440 g/mol. The number of aromatic nitrogens is 5. The molecule has 0 fully saturated rings. The second-order valence-electron chi connectivity index (χ2n) is 6.89. The second-order valence-corrected chi connectivity index (χ2v) is 7.82. The summed E-state index contributed by atoms with van der Waals surface area (Å²) in [6, 6.07) is 7.70. The quantitative estimate of drug-likeness (QED) is 0.328. The molecule has 3 heterocycles. The SMILES string of the molecule is CCCn1c(N)c(C(=O)CSc2nnc(-c3c[nH]c4ccccc34)o2)c(=O)n(C)c1=O. The Balaban J connectivity index is 1.57. The fourth-order valence-electron chi connectivity index (χ4n) is 3.31. The molecule has 3 N–H and O–H groups in total. The highest BCUT2D eigenvalue weighted by atomic mass is 32.2. The summed E-state index contributed by atoms with van der Waals surface area (Å²) in [7, 11) is 1.33. The number of nitrogen functional groups attached to an aromatic ring is 1. The Morgan fingerprint density at radius 2 is 2.03 bits per heavy atom. The summed E-state index contributed by atoms with van der Waals surface area (Å²) in [6.45, 7) is 2.18. The zero-order chi connectivity index (χ0) is 22.1. The molecule has 0 amide bonds. The van der Waals surface area contributed by atoms with Gasteiger partial charge in [0.15, 0.2) is 5.78 Å². The number of hydrogen-bond acceptors (Lipinski definition) is 8. The predicted molar refractivity (Wildman–Crippen MR) is 117 cm³/mol. The number of carbonyl (C=O) groups is 1. The maximum Gasteiger partial charge on any atom is 0.332 e. The molecule has 0 radical (unpaired) electrons. The van der Waals surface area contributed by atoms with Crippen LogP contribution in [0, 0.1) is 0 Å². The minimum atomic E-state index is -0.717. The van der Waals surface area contributed by atoms with Crippen LogP contribution in [0.2, 0.25) is 0 Å². The van der Waals surface area contributed by atoms with E-state index < -0.39 is 17.0 Å². The van der Waals surface area contributed by atoms with Crippen LogP contribution >= 0.6 is 11.8 Å². The van der Waals surface area contributed by atoms with Gasteiger partial charge in [0.05, 0.1) is 11.3 Å². The van der Waals surface area contributed by atoms with Crippen molar-refractivity contribution >= 4 is 34.3 Å². The molecule has 1 aromatic carbocycles. The number of nitrogens with one attached hydrogen (secondary N) is 1. The van der Waals surface area contributed by atoms with Crippen molar-refractivity contribution in [2.45, 2.75) is 25.1 Å². The van der Waals surface area contributed by atoms with Crippen LogP contribution in [0.1, 0.15) is 23.7 Å². The van der Waals surface area contributed by atoms with Crippen LogP contribution in [0.25, 0.3) is 22.4 Å². The van der Waals surface area contributed by atoms with Crippen LogP contribution in [0.4, 0.5) is 5.82 Å². The number of benzene rings is 1. The summed E-state index contributed by atoms with van der Waals surface area (Å²) in [5, 5.41) is 9.16. The Morgan fingerprint density at radius 3 is 2.81 bits per heavy atom. The van der Waals surface area contributed by atoms with E-state index in [4.69, 9.17) is 10.2 Å². The number of Topliss-reactive ketones (excluding diaryl/α,β-unsaturated/α-hetero) is 1. The third-order valence-corrected chi connectivity index (χ3v) is 5.68. The Kier molecular flexibility index (Phi) is 5.51. The van der Waals surface area contributed by atoms with Crippen molar-refractivity contribution in [3.63, 3.8) is 0 Å². The highest BCUT2D eigenvalue weighted by Crippen LogP contribution is 2.29. The molecule has 0 bridgehead atoms. The van der Waals surface area contributed by atoms with Gasteiger partial charge in [-0.05, 0) is 12.5 Å². The first-order valence-electron chi connectivity index (χ1n) is 9.57. The fourth-order valence-corrected chi connectivity index (χ4v) is 3.95. The number of ketones is 1. The standard InChI is InChI=1S/C20H20N6O4S/c1-3-8-26-16(21)15(18(28)25(2)20(26)29)14(27)10-31-19-24-23-17(30-19)12-9-22-13-7-5-4-6-11(12)13/h4-7,9,22H,3,8,10,21H2,1-2H3. The van der Waals surface area contributed by atoms with Crippen LogP contribution in [0.15, 0.2) is 49.7 Å². The lowest BCUT2D eigenvalue weighted by atomic mass is 10.2. The number of carbonyl (C=O) groups excluding carboxylic acids is 1. The molecular formula is C20H20N6O4S. The van der Waals surface area contributed by atoms with Crippen LogP contribution in [0.3, 0.4) is 0 Å². The molecule has 0 aliphatic heterocycles. The highest BCUT2D eigenvalue weighted by molar-refractivity contribution is 7.99. The molecule has 0 saturated carbocycles. The third-order valence-electron chi connectivity index (χ3n) is 4.86. The molecule has 0 aliphatic rings. The monoisotopic (exact) mass is 440 g/mol. The van der Waals surface area contributed by atoms with Gasteiger partial charge in [0, 0.05) is 30.7 Å². The third kappa shape index (κ3) is 3.67. The molecule has 0 spiro atoms. The van der Waals surface area contributed by atoms with E-state index in [0.29, 0.717) is 18.9 Å². The summed E-state index contributed by atoms with van der Waals surface area (Å²) in [5.41, 5.74) is 6.22. The van der Waals surface area contributed by atoms with E-state index in [9.17, 15) is 14.4 Å². The van der Waals surface area contributed by atoms with Crippen molar-refractivity contribution in [2.75, 3.05) is 11.5 Å². The lowest BCUT2D eigenvalue weighted by Crippen LogP contribution is -2.42. The molecule has 0 saturated heterocycles. The predicted octanol–water partition coefficient (Wildman–Crippen LogP) is 2.05. The summed E-state index contributed by atoms with van der Waals surface area (Å²) in [6.07, 6.45) is 2.41. The van der Waals surface area contributed by atoms with Crippen LogP contribution in [-0.2, 0) is 13.6 Å². The molecule has 31 heavy (non-hydrogen) atoms. The molecule has 0 aliphatic carbocycles. The normalized spacial score (nSPS) is 11.3. The first-order valence-corrected chi connectivity index (χ1v) is 10.6. The van der Waals surface area contributed by atoms with E-state index in [2.05, 4.69) is 15.2 Å². The fraction of sp³-hybridized carbons (Fsp3) is 0.250. The molecule has 0 atom stereocenters. The minimum Gasteiger partial charge on any atom is -0.411 e. The van der Waals surface area contributed by atoms with Crippen molar-refractivity contribution in [3.8, 4) is 11.5 Å². The molecular weight excluding hydrogens is 420 g/mol. The molecule has 160 valence electrons. The van der Waals surface area contributed by atoms with Crippen molar-refractivity contribution in [2.24, 2.45) is 7.05 Å². The van der Waals surface area contributed by atoms with E-state index in [1.165, 1.54) is 11.6 Å². The summed E-state index contributed by atoms with van der Waals surface area (Å²) in [5.74, 6) is -0.455. The van der Waals surface area contributed by atoms with Gasteiger partial charge in [-0.15, -0.1) is 10.2 Å². The van der Waals surface area contributed by atoms with Crippen molar-refractivity contribution in [3.05, 3.63) is 56.9 Å². The number of anilines is 1. The van der Waals surface area contributed by atoms with Crippen LogP contribution in [-0.4, -0.2) is 35.9 Å². The lowest BCUT2D eigenvalue weighted by Gasteiger charge is -2.13. The smallest absolute Gasteiger partial charge is 0.332 e. The van der Waals surface area contributed by atoms with Gasteiger partial charge in [0.2, 0.25) is 0 Å². The molecule has 4 aromatic rings. The summed E-state index contributed by atoms with van der Waals surface area (Å²) >= 11 is 1.00. The van der Waals surface area contributed by atoms with Gasteiger partial charge in [0.1, 0.15) is 11.4 Å². The first-order chi connectivity index (χ1) is 14.9. The van der Waals surface area contributed by atoms with Gasteiger partial charge in [-0.2, -0.15) is 0 Å². The number of aromatic amines is 1. The lowest BCUT2D eigenvalue weighted by molar-refractivity contribution is 0.102. The Hall–Kier alpha value is -3.60. The molecule has 0 unspecified atom stereocenters. The van der Waals surface area contributed by atoms with Gasteiger partial charge < -0.3 is 15.1 Å². The van der Waals surface area contributed by atoms with Gasteiger partial charge in [-0.3, -0.25) is 18.7 Å². The Bertz CT molecular complexity index is 1400. The number of thioether (sulfide) groups is 1. The number of hydrogen-bond donors (Lipinski definition) is 2. The highest BCUT2D eigenvalue weighted by Gasteiger charge is 2.22. The molecule has 11 heteroatoms. The second kappa shape index (κ2) is 8.26. The summed E-state index contributed by atoms with van der Waals surface area (Å²) in [4.78, 5) is 40.6. The molecule has 3 aromatic heterocycles. The Labute approximate surface area is 180 Å². The van der Waals surface area contributed by atoms with E-state index in [1.807, 2.05) is 31.2 Å². The van der Waals surface area contributed by atoms with Crippen LogP contribution in [0.5, 0.6) is 0 Å². The number of nitrogens with zero attached hydrogens (tertiary/aromatic N) is 4. The maximum absolute atomic E-state index is 12.8. The number of fused-ring (bicyclic) bond motifs is 1. The Morgan fingerprint density at radius 1 is 1.26 bits per heavy atom. The van der Waals surface area contributed by atoms with Gasteiger partial charge in [-0.25, -0.2) is 4.79 Å². The zero-order valence-electron chi connectivity index (χ0n) is 16.9. The van der Waals surface area contributed by atoms with Gasteiger partial charge in [0.25, 0.3) is 16.7 Å². The topological polar surface area (TPSA) is 142 Å². The van der Waals surface area contributed by atoms with Crippen molar-refractivity contribution in [1.82, 2.24) is 24.3 Å². The number of para-hydroxylation sites is 1. The number of H-pyrrole nitrogens is 1. The number of nitrogens with two attached hydrogens (primary N) is 1. The zero-order valence-corrected chi connectivity index (χ0v) is 17.7. The van der Waals surface area contributed by atoms with E-state index >= 15 is 0 Å². The van der Waals surface area contributed by atoms with Gasteiger partial charge in [-0.1, -0.05) is 36.9 Å². The molecule has 10 nitrogen and oxygen atoms in total. The maximum atomic E-state index is 12.8. The summed E-state index contributed by atoms with van der Waals surface area (Å²) < 4.78 is 7.82. The van der Waals surface area contributed by atoms with E-state index in [0.717, 1.165) is 32.8 Å². The van der Waals surface area contributed by atoms with Crippen molar-refractivity contribution < 1.29 is 9.21 Å². The van der Waals surface area contributed by atoms with E-state index in [1.54, 1.807) is 6.20 Å². The van der Waals surface area contributed by atoms with Gasteiger partial charge >= 0.3 is 5.69 Å². The average Bonchev–Trinajstić information content (AvgIpc) is 3.40. The largest absolute Gasteiger partial charge is 0.411 e. The first kappa shape index (κ1) is 20.7.